The number of carbonyl (C=O) groups excluding carboxylic acids is 2. The second-order valence-corrected chi connectivity index (χ2v) is 7.54. The number of halogens is 1. The molecule has 0 unspecified atom stereocenters. The third-order valence-corrected chi connectivity index (χ3v) is 5.41. The SMILES string of the molecule is COCCCN1C(=O)C(Nc2ccc(OC)c(Cl)c2)=C(c2ccc(C)c(C)c2)C1=O. The summed E-state index contributed by atoms with van der Waals surface area (Å²) in [7, 11) is 3.12. The van der Waals surface area contributed by atoms with E-state index in [0.29, 0.717) is 40.6 Å². The number of nitrogens with one attached hydrogen (secondary N) is 1. The number of nitrogens with zero attached hydrogens (tertiary/aromatic N) is 1. The number of amides is 2. The topological polar surface area (TPSA) is 67.9 Å². The van der Waals surface area contributed by atoms with Crippen LogP contribution in [-0.4, -0.2) is 44.1 Å². The van der Waals surface area contributed by atoms with E-state index in [1.807, 2.05) is 32.0 Å². The summed E-state index contributed by atoms with van der Waals surface area (Å²) >= 11 is 6.23. The highest BCUT2D eigenvalue weighted by atomic mass is 35.5. The summed E-state index contributed by atoms with van der Waals surface area (Å²) in [4.78, 5) is 27.6. The molecular formula is C23H25ClN2O4. The van der Waals surface area contributed by atoms with E-state index in [0.717, 1.165) is 11.1 Å². The van der Waals surface area contributed by atoms with Gasteiger partial charge >= 0.3 is 0 Å². The lowest BCUT2D eigenvalue weighted by molar-refractivity contribution is -0.136. The van der Waals surface area contributed by atoms with Gasteiger partial charge in [-0.25, -0.2) is 0 Å². The highest BCUT2D eigenvalue weighted by Crippen LogP contribution is 2.33. The van der Waals surface area contributed by atoms with E-state index < -0.39 is 0 Å². The van der Waals surface area contributed by atoms with Gasteiger partial charge in [-0.05, 0) is 55.2 Å². The minimum atomic E-state index is -0.365. The van der Waals surface area contributed by atoms with Crippen LogP contribution in [-0.2, 0) is 14.3 Å². The Bertz CT molecular complexity index is 1020. The normalized spacial score (nSPS) is 14.0. The largest absolute Gasteiger partial charge is 0.495 e. The predicted molar refractivity (Wildman–Crippen MR) is 118 cm³/mol. The fourth-order valence-corrected chi connectivity index (χ4v) is 3.57. The van der Waals surface area contributed by atoms with Crippen molar-refractivity contribution in [1.82, 2.24) is 4.90 Å². The molecular weight excluding hydrogens is 404 g/mol. The van der Waals surface area contributed by atoms with Gasteiger partial charge in [-0.3, -0.25) is 14.5 Å². The van der Waals surface area contributed by atoms with E-state index in [2.05, 4.69) is 5.32 Å². The summed E-state index contributed by atoms with van der Waals surface area (Å²) in [6, 6.07) is 10.9. The molecule has 6 nitrogen and oxygen atoms in total. The summed E-state index contributed by atoms with van der Waals surface area (Å²) in [5.74, 6) is -0.154. The number of hydrogen-bond acceptors (Lipinski definition) is 5. The lowest BCUT2D eigenvalue weighted by Gasteiger charge is -2.15. The Kier molecular flexibility index (Phi) is 6.80. The maximum atomic E-state index is 13.2. The highest BCUT2D eigenvalue weighted by Gasteiger charge is 2.39. The maximum Gasteiger partial charge on any atom is 0.278 e. The Hall–Kier alpha value is -2.83. The number of rotatable bonds is 8. The Morgan fingerprint density at radius 1 is 1.00 bits per heavy atom. The molecule has 30 heavy (non-hydrogen) atoms. The summed E-state index contributed by atoms with van der Waals surface area (Å²) in [6.45, 7) is 4.74. The quantitative estimate of drug-likeness (QED) is 0.504. The van der Waals surface area contributed by atoms with Crippen LogP contribution in [0.15, 0.2) is 42.1 Å². The van der Waals surface area contributed by atoms with Gasteiger partial charge in [-0.2, -0.15) is 0 Å². The fourth-order valence-electron chi connectivity index (χ4n) is 3.32. The summed E-state index contributed by atoms with van der Waals surface area (Å²) in [6.07, 6.45) is 0.565. The number of benzene rings is 2. The number of methoxy groups -OCH3 is 2. The number of hydrogen-bond donors (Lipinski definition) is 1. The van der Waals surface area contributed by atoms with Crippen LogP contribution in [0, 0.1) is 13.8 Å². The molecule has 0 fully saturated rings. The standard InChI is InChI=1S/C23H25ClN2O4/c1-14-6-7-16(12-15(14)2)20-21(23(28)26(22(20)27)10-5-11-29-3)25-17-8-9-19(30-4)18(24)13-17/h6-9,12-13,25H,5,10-11H2,1-4H3. The Morgan fingerprint density at radius 3 is 2.40 bits per heavy atom. The lowest BCUT2D eigenvalue weighted by Crippen LogP contribution is -2.33. The molecule has 2 aromatic rings. The van der Waals surface area contributed by atoms with Crippen molar-refractivity contribution in [3.8, 4) is 5.75 Å². The lowest BCUT2D eigenvalue weighted by atomic mass is 9.99. The van der Waals surface area contributed by atoms with E-state index in [9.17, 15) is 9.59 Å². The number of ether oxygens (including phenoxy) is 2. The highest BCUT2D eigenvalue weighted by molar-refractivity contribution is 6.36. The van der Waals surface area contributed by atoms with Crippen LogP contribution >= 0.6 is 11.6 Å². The number of anilines is 1. The van der Waals surface area contributed by atoms with Gasteiger partial charge in [0, 0.05) is 25.9 Å². The van der Waals surface area contributed by atoms with Crippen LogP contribution in [0.5, 0.6) is 5.75 Å². The third-order valence-electron chi connectivity index (χ3n) is 5.11. The van der Waals surface area contributed by atoms with Crippen LogP contribution in [0.2, 0.25) is 5.02 Å². The molecule has 0 atom stereocenters. The van der Waals surface area contributed by atoms with Crippen molar-refractivity contribution < 1.29 is 19.1 Å². The molecule has 0 spiro atoms. The van der Waals surface area contributed by atoms with Gasteiger partial charge in [0.1, 0.15) is 11.4 Å². The molecule has 2 amide bonds. The van der Waals surface area contributed by atoms with Crippen molar-refractivity contribution in [2.24, 2.45) is 0 Å². The average molecular weight is 429 g/mol. The van der Waals surface area contributed by atoms with Crippen molar-refractivity contribution in [3.05, 3.63) is 63.8 Å². The molecule has 0 bridgehead atoms. The van der Waals surface area contributed by atoms with Crippen LogP contribution in [0.4, 0.5) is 5.69 Å². The van der Waals surface area contributed by atoms with Crippen LogP contribution in [0.3, 0.4) is 0 Å². The van der Waals surface area contributed by atoms with Gasteiger partial charge in [0.15, 0.2) is 0 Å². The number of carbonyl (C=O) groups is 2. The fraction of sp³-hybridized carbons (Fsp3) is 0.304. The molecule has 0 aliphatic carbocycles. The Balaban J connectivity index is 2.02. The molecule has 1 aliphatic rings. The molecule has 158 valence electrons. The van der Waals surface area contributed by atoms with E-state index >= 15 is 0 Å². The second-order valence-electron chi connectivity index (χ2n) is 7.13. The monoisotopic (exact) mass is 428 g/mol. The van der Waals surface area contributed by atoms with Crippen molar-refractivity contribution in [3.63, 3.8) is 0 Å². The van der Waals surface area contributed by atoms with Gasteiger partial charge < -0.3 is 14.8 Å². The zero-order valence-electron chi connectivity index (χ0n) is 17.5. The van der Waals surface area contributed by atoms with E-state index in [-0.39, 0.29) is 24.1 Å². The number of imide groups is 1. The van der Waals surface area contributed by atoms with Gasteiger partial charge in [0.2, 0.25) is 0 Å². The first-order valence-corrected chi connectivity index (χ1v) is 10.0. The molecule has 0 aromatic heterocycles. The zero-order valence-corrected chi connectivity index (χ0v) is 18.3. The molecule has 1 heterocycles. The molecule has 0 radical (unpaired) electrons. The van der Waals surface area contributed by atoms with Gasteiger partial charge in [0.05, 0.1) is 17.7 Å². The zero-order chi connectivity index (χ0) is 21.8. The summed E-state index contributed by atoms with van der Waals surface area (Å²) in [5, 5.41) is 3.52. The summed E-state index contributed by atoms with van der Waals surface area (Å²) in [5.41, 5.74) is 4.05. The van der Waals surface area contributed by atoms with Gasteiger partial charge in [-0.1, -0.05) is 29.8 Å². The van der Waals surface area contributed by atoms with E-state index in [4.69, 9.17) is 21.1 Å². The molecule has 2 aromatic carbocycles. The van der Waals surface area contributed by atoms with Gasteiger partial charge in [0.25, 0.3) is 11.8 Å². The smallest absolute Gasteiger partial charge is 0.278 e. The van der Waals surface area contributed by atoms with Crippen LogP contribution in [0.25, 0.3) is 5.57 Å². The number of aryl methyl sites for hydroxylation is 2. The van der Waals surface area contributed by atoms with Crippen molar-refractivity contribution >= 4 is 34.7 Å². The maximum absolute atomic E-state index is 13.2. The third kappa shape index (κ3) is 4.35. The van der Waals surface area contributed by atoms with Crippen molar-refractivity contribution in [2.75, 3.05) is 32.7 Å². The first-order chi connectivity index (χ1) is 14.4. The molecule has 7 heteroatoms. The van der Waals surface area contributed by atoms with Gasteiger partial charge in [-0.15, -0.1) is 0 Å². The van der Waals surface area contributed by atoms with Crippen molar-refractivity contribution in [1.29, 1.82) is 0 Å². The minimum Gasteiger partial charge on any atom is -0.495 e. The summed E-state index contributed by atoms with van der Waals surface area (Å²) < 4.78 is 10.2. The molecule has 3 rings (SSSR count). The average Bonchev–Trinajstić information content (AvgIpc) is 2.94. The molecule has 0 saturated carbocycles. The molecule has 0 saturated heterocycles. The second kappa shape index (κ2) is 9.32. The van der Waals surface area contributed by atoms with E-state index in [1.54, 1.807) is 25.3 Å². The van der Waals surface area contributed by atoms with Crippen LogP contribution < -0.4 is 10.1 Å². The Labute approximate surface area is 181 Å². The first-order valence-electron chi connectivity index (χ1n) is 9.65. The predicted octanol–water partition coefficient (Wildman–Crippen LogP) is 4.19. The Morgan fingerprint density at radius 2 is 1.77 bits per heavy atom. The molecule has 1 aliphatic heterocycles. The van der Waals surface area contributed by atoms with E-state index in [1.165, 1.54) is 12.0 Å². The van der Waals surface area contributed by atoms with Crippen molar-refractivity contribution in [2.45, 2.75) is 20.3 Å². The molecule has 1 N–H and O–H groups in total. The first kappa shape index (κ1) is 21.9. The van der Waals surface area contributed by atoms with Crippen LogP contribution in [0.1, 0.15) is 23.1 Å². The minimum absolute atomic E-state index is 0.238.